The molecule has 0 radical (unpaired) electrons. The highest BCUT2D eigenvalue weighted by atomic mass is 32.2. The molecule has 3 heterocycles. The number of hydrogen-bond donors (Lipinski definition) is 1. The standard InChI is InChI=1S/C31H29F3N6O4S/c1-2-38-28-24(23(18-11-12-18)25(29(38)42)36-27(41)19-7-6-8-20(15-19)31(32,33)34)26(37-40(28)21-9-4-3-5-10-21)30(43)39-13-14-45(44)17-22(39)16-35/h3-10,15,18,22-23,25H,2,11-14,17H2,1H3,(H,36,41). The number of nitrogens with one attached hydrogen (secondary N) is 1. The first-order valence-corrected chi connectivity index (χ1v) is 16.1. The summed E-state index contributed by atoms with van der Waals surface area (Å²) in [5.74, 6) is -2.12. The van der Waals surface area contributed by atoms with Gasteiger partial charge in [0.25, 0.3) is 17.7 Å². The molecule has 234 valence electrons. The van der Waals surface area contributed by atoms with Crippen LogP contribution in [0.1, 0.15) is 57.7 Å². The van der Waals surface area contributed by atoms with E-state index in [0.717, 1.165) is 18.2 Å². The van der Waals surface area contributed by atoms with Gasteiger partial charge in [0, 0.05) is 46.7 Å². The van der Waals surface area contributed by atoms with Gasteiger partial charge >= 0.3 is 6.18 Å². The number of halogens is 3. The molecule has 2 fully saturated rings. The average molecular weight is 639 g/mol. The molecule has 3 aliphatic rings. The van der Waals surface area contributed by atoms with Crippen molar-refractivity contribution in [3.8, 4) is 11.8 Å². The lowest BCUT2D eigenvalue weighted by atomic mass is 9.82. The van der Waals surface area contributed by atoms with Crippen LogP contribution in [0.5, 0.6) is 0 Å². The number of carbonyl (C=O) groups is 3. The summed E-state index contributed by atoms with van der Waals surface area (Å²) in [5.41, 5.74) is -0.214. The Morgan fingerprint density at radius 3 is 2.51 bits per heavy atom. The minimum Gasteiger partial charge on any atom is -0.340 e. The monoisotopic (exact) mass is 638 g/mol. The smallest absolute Gasteiger partial charge is 0.340 e. The maximum absolute atomic E-state index is 14.2. The number of hydrogen-bond acceptors (Lipinski definition) is 6. The van der Waals surface area contributed by atoms with Crippen molar-refractivity contribution in [3.63, 3.8) is 0 Å². The largest absolute Gasteiger partial charge is 0.416 e. The van der Waals surface area contributed by atoms with Gasteiger partial charge in [-0.3, -0.25) is 23.5 Å². The third-order valence-corrected chi connectivity index (χ3v) is 9.78. The first kappa shape index (κ1) is 30.5. The molecule has 1 saturated carbocycles. The van der Waals surface area contributed by atoms with Crippen LogP contribution in [0.25, 0.3) is 5.69 Å². The van der Waals surface area contributed by atoms with Gasteiger partial charge in [-0.2, -0.15) is 23.5 Å². The van der Waals surface area contributed by atoms with Gasteiger partial charge in [-0.05, 0) is 56.0 Å². The van der Waals surface area contributed by atoms with Gasteiger partial charge < -0.3 is 10.2 Å². The Balaban J connectivity index is 1.48. The predicted molar refractivity (Wildman–Crippen MR) is 158 cm³/mol. The molecule has 3 amide bonds. The number of rotatable bonds is 6. The van der Waals surface area contributed by atoms with Gasteiger partial charge in [0.2, 0.25) is 0 Å². The second kappa shape index (κ2) is 11.8. The number of alkyl halides is 3. The van der Waals surface area contributed by atoms with Gasteiger partial charge in [-0.25, -0.2) is 4.68 Å². The highest BCUT2D eigenvalue weighted by molar-refractivity contribution is 7.85. The van der Waals surface area contributed by atoms with Crippen molar-refractivity contribution >= 4 is 34.3 Å². The number of likely N-dealkylation sites (N-methyl/N-ethyl adjacent to an activating group) is 1. The fourth-order valence-electron chi connectivity index (χ4n) is 6.16. The third kappa shape index (κ3) is 5.61. The van der Waals surface area contributed by atoms with E-state index in [9.17, 15) is 37.0 Å². The topological polar surface area (TPSA) is 128 Å². The minimum atomic E-state index is -4.66. The summed E-state index contributed by atoms with van der Waals surface area (Å²) in [6, 6.07) is 12.9. The summed E-state index contributed by atoms with van der Waals surface area (Å²) in [5, 5.41) is 17.3. The second-order valence-corrected chi connectivity index (χ2v) is 12.9. The highest BCUT2D eigenvalue weighted by Crippen LogP contribution is 2.51. The molecule has 4 unspecified atom stereocenters. The maximum atomic E-state index is 14.2. The fraction of sp³-hybridized carbons (Fsp3) is 0.387. The normalized spacial score (nSPS) is 23.3. The molecule has 1 saturated heterocycles. The van der Waals surface area contributed by atoms with Crippen LogP contribution in [0.2, 0.25) is 0 Å². The van der Waals surface area contributed by atoms with E-state index >= 15 is 0 Å². The molecule has 4 atom stereocenters. The van der Waals surface area contributed by atoms with Crippen molar-refractivity contribution in [2.24, 2.45) is 5.92 Å². The molecule has 2 aliphatic heterocycles. The fourth-order valence-corrected chi connectivity index (χ4v) is 7.33. The van der Waals surface area contributed by atoms with Crippen LogP contribution >= 0.6 is 0 Å². The molecule has 0 bridgehead atoms. The molecule has 3 aromatic rings. The summed E-state index contributed by atoms with van der Waals surface area (Å²) >= 11 is 0. The molecule has 0 spiro atoms. The summed E-state index contributed by atoms with van der Waals surface area (Å²) in [4.78, 5) is 44.6. The predicted octanol–water partition coefficient (Wildman–Crippen LogP) is 3.65. The molecule has 14 heteroatoms. The lowest BCUT2D eigenvalue weighted by molar-refractivity contribution is -0.137. The Hall–Kier alpha value is -4.51. The first-order chi connectivity index (χ1) is 21.5. The van der Waals surface area contributed by atoms with Crippen molar-refractivity contribution in [1.82, 2.24) is 20.0 Å². The Morgan fingerprint density at radius 1 is 1.13 bits per heavy atom. The number of benzene rings is 2. The summed E-state index contributed by atoms with van der Waals surface area (Å²) in [6.45, 7) is 1.96. The van der Waals surface area contributed by atoms with Crippen LogP contribution in [-0.2, 0) is 21.8 Å². The van der Waals surface area contributed by atoms with Crippen LogP contribution in [-0.4, -0.2) is 73.3 Å². The zero-order chi connectivity index (χ0) is 32.0. The number of aromatic nitrogens is 2. The number of carbonyl (C=O) groups excluding carboxylic acids is 3. The van der Waals surface area contributed by atoms with Crippen molar-refractivity contribution in [2.45, 2.75) is 43.9 Å². The zero-order valence-electron chi connectivity index (χ0n) is 24.2. The SMILES string of the molecule is CCN1C(=O)C(NC(=O)c2cccc(C(F)(F)F)c2)C(C2CC2)c2c(C(=O)N3CCS(=O)CC3C#N)nn(-c3ccccc3)c21. The Kier molecular flexibility index (Phi) is 7.98. The number of nitrogens with zero attached hydrogens (tertiary/aromatic N) is 5. The van der Waals surface area contributed by atoms with E-state index in [-0.39, 0.29) is 41.8 Å². The lowest BCUT2D eigenvalue weighted by Crippen LogP contribution is -2.56. The average Bonchev–Trinajstić information content (AvgIpc) is 3.80. The van der Waals surface area contributed by atoms with Gasteiger partial charge in [-0.1, -0.05) is 24.3 Å². The third-order valence-electron chi connectivity index (χ3n) is 8.45. The Labute approximate surface area is 259 Å². The number of nitriles is 1. The molecule has 1 aromatic heterocycles. The first-order valence-electron chi connectivity index (χ1n) is 14.6. The number of amides is 3. The number of fused-ring (bicyclic) bond motifs is 1. The van der Waals surface area contributed by atoms with E-state index in [1.165, 1.54) is 20.5 Å². The van der Waals surface area contributed by atoms with E-state index in [0.29, 0.717) is 29.9 Å². The molecular formula is C31H29F3N6O4S. The van der Waals surface area contributed by atoms with E-state index in [2.05, 4.69) is 11.4 Å². The molecule has 10 nitrogen and oxygen atoms in total. The van der Waals surface area contributed by atoms with Crippen LogP contribution in [0, 0.1) is 17.2 Å². The molecule has 1 N–H and O–H groups in total. The van der Waals surface area contributed by atoms with Crippen molar-refractivity contribution < 1.29 is 31.8 Å². The summed E-state index contributed by atoms with van der Waals surface area (Å²) < 4.78 is 54.0. The molecule has 6 rings (SSSR count). The summed E-state index contributed by atoms with van der Waals surface area (Å²) in [7, 11) is -1.26. The Bertz CT molecular complexity index is 1730. The van der Waals surface area contributed by atoms with Gasteiger partial charge in [0.05, 0.1) is 23.1 Å². The number of para-hydroxylation sites is 1. The van der Waals surface area contributed by atoms with Crippen LogP contribution in [0.4, 0.5) is 19.0 Å². The second-order valence-electron chi connectivity index (χ2n) is 11.3. The zero-order valence-corrected chi connectivity index (χ0v) is 25.0. The van der Waals surface area contributed by atoms with Crippen LogP contribution in [0.3, 0.4) is 0 Å². The maximum Gasteiger partial charge on any atom is 0.416 e. The molecular weight excluding hydrogens is 609 g/mol. The van der Waals surface area contributed by atoms with Crippen molar-refractivity contribution in [3.05, 3.63) is 77.0 Å². The molecule has 1 aliphatic carbocycles. The van der Waals surface area contributed by atoms with E-state index < -0.39 is 58.3 Å². The van der Waals surface area contributed by atoms with E-state index in [1.807, 2.05) is 6.07 Å². The highest BCUT2D eigenvalue weighted by Gasteiger charge is 2.52. The van der Waals surface area contributed by atoms with Gasteiger partial charge in [-0.15, -0.1) is 0 Å². The van der Waals surface area contributed by atoms with Crippen LogP contribution in [0.15, 0.2) is 54.6 Å². The minimum absolute atomic E-state index is 0.00508. The van der Waals surface area contributed by atoms with Crippen molar-refractivity contribution in [1.29, 1.82) is 5.26 Å². The number of anilines is 1. The van der Waals surface area contributed by atoms with E-state index in [4.69, 9.17) is 5.10 Å². The summed E-state index contributed by atoms with van der Waals surface area (Å²) in [6.07, 6.45) is -3.26. The van der Waals surface area contributed by atoms with Crippen LogP contribution < -0.4 is 10.2 Å². The van der Waals surface area contributed by atoms with Crippen molar-refractivity contribution in [2.75, 3.05) is 29.5 Å². The van der Waals surface area contributed by atoms with E-state index in [1.54, 1.807) is 31.2 Å². The quantitative estimate of drug-likeness (QED) is 0.439. The molecule has 45 heavy (non-hydrogen) atoms. The lowest BCUT2D eigenvalue weighted by Gasteiger charge is -2.39. The van der Waals surface area contributed by atoms with Gasteiger partial charge in [0.15, 0.2) is 5.69 Å². The Morgan fingerprint density at radius 2 is 1.87 bits per heavy atom. The van der Waals surface area contributed by atoms with Gasteiger partial charge in [0.1, 0.15) is 17.9 Å². The molecule has 2 aromatic carbocycles.